The molecule has 0 bridgehead atoms. The van der Waals surface area contributed by atoms with E-state index in [1.807, 2.05) is 13.8 Å². The maximum atomic E-state index is 13.7. The average Bonchev–Trinajstić information content (AvgIpc) is 2.65. The molecule has 0 unspecified atom stereocenters. The summed E-state index contributed by atoms with van der Waals surface area (Å²) in [5.74, 6) is -1.82. The summed E-state index contributed by atoms with van der Waals surface area (Å²) >= 11 is 0. The fourth-order valence-corrected chi connectivity index (χ4v) is 4.89. The Morgan fingerprint density at radius 1 is 0.912 bits per heavy atom. The second kappa shape index (κ2) is 12.8. The highest BCUT2D eigenvalue weighted by Gasteiger charge is 2.46. The standard InChI is InChI=1S/C27H52O6Si/c1-14-15-16-31-18-19(2)23(33-34(12,13)26(7,8)9)20(3)24(30)27(10,11)21(28)17-22(29)32-25(4,5)6/h19-20,23H,14-18H2,1-13H3/t19-,20+,23-/m0/s1. The molecule has 0 aromatic rings. The fourth-order valence-electron chi connectivity index (χ4n) is 3.42. The van der Waals surface area contributed by atoms with E-state index in [9.17, 15) is 14.4 Å². The molecular formula is C27H52O6Si. The van der Waals surface area contributed by atoms with E-state index in [0.29, 0.717) is 13.2 Å². The van der Waals surface area contributed by atoms with Crippen LogP contribution in [0.5, 0.6) is 0 Å². The van der Waals surface area contributed by atoms with Crippen molar-refractivity contribution in [2.24, 2.45) is 17.3 Å². The van der Waals surface area contributed by atoms with Crippen molar-refractivity contribution in [2.45, 2.75) is 125 Å². The summed E-state index contributed by atoms with van der Waals surface area (Å²) in [6.45, 7) is 26.5. The first-order valence-corrected chi connectivity index (χ1v) is 15.6. The Bertz CT molecular complexity index is 684. The highest BCUT2D eigenvalue weighted by atomic mass is 28.4. The molecule has 0 radical (unpaired) electrons. The van der Waals surface area contributed by atoms with E-state index in [4.69, 9.17) is 13.9 Å². The number of esters is 1. The van der Waals surface area contributed by atoms with Gasteiger partial charge in [-0.15, -0.1) is 0 Å². The van der Waals surface area contributed by atoms with Gasteiger partial charge in [-0.3, -0.25) is 14.4 Å². The number of hydrogen-bond acceptors (Lipinski definition) is 6. The van der Waals surface area contributed by atoms with Crippen molar-refractivity contribution in [1.29, 1.82) is 0 Å². The van der Waals surface area contributed by atoms with Gasteiger partial charge in [0.1, 0.15) is 12.0 Å². The van der Waals surface area contributed by atoms with Crippen molar-refractivity contribution in [1.82, 2.24) is 0 Å². The van der Waals surface area contributed by atoms with E-state index in [-0.39, 0.29) is 22.8 Å². The van der Waals surface area contributed by atoms with Gasteiger partial charge in [0, 0.05) is 18.4 Å². The number of hydrogen-bond donors (Lipinski definition) is 0. The maximum absolute atomic E-state index is 13.7. The van der Waals surface area contributed by atoms with Crippen LogP contribution in [-0.4, -0.2) is 50.8 Å². The largest absolute Gasteiger partial charge is 0.460 e. The molecule has 0 heterocycles. The van der Waals surface area contributed by atoms with Crippen LogP contribution in [0.15, 0.2) is 0 Å². The molecule has 0 aliphatic heterocycles. The summed E-state index contributed by atoms with van der Waals surface area (Å²) in [6.07, 6.45) is 1.23. The molecule has 0 amide bonds. The summed E-state index contributed by atoms with van der Waals surface area (Å²) in [5, 5.41) is -0.0289. The van der Waals surface area contributed by atoms with Gasteiger partial charge in [0.05, 0.1) is 18.1 Å². The average molecular weight is 501 g/mol. The topological polar surface area (TPSA) is 78.9 Å². The van der Waals surface area contributed by atoms with Crippen LogP contribution in [0.3, 0.4) is 0 Å². The Morgan fingerprint density at radius 2 is 1.44 bits per heavy atom. The molecule has 0 spiro atoms. The minimum atomic E-state index is -2.20. The second-order valence-electron chi connectivity index (χ2n) is 12.7. The monoisotopic (exact) mass is 500 g/mol. The van der Waals surface area contributed by atoms with Crippen molar-refractivity contribution in [3.8, 4) is 0 Å². The molecule has 0 N–H and O–H groups in total. The lowest BCUT2D eigenvalue weighted by Gasteiger charge is -2.43. The van der Waals surface area contributed by atoms with Crippen molar-refractivity contribution >= 4 is 25.9 Å². The van der Waals surface area contributed by atoms with Crippen LogP contribution in [0, 0.1) is 17.3 Å². The van der Waals surface area contributed by atoms with Gasteiger partial charge in [0.2, 0.25) is 0 Å². The normalized spacial score (nSPS) is 16.0. The molecule has 200 valence electrons. The molecule has 34 heavy (non-hydrogen) atoms. The third-order valence-corrected chi connectivity index (χ3v) is 11.2. The first-order valence-electron chi connectivity index (χ1n) is 12.7. The Hall–Kier alpha value is -1.05. The molecule has 0 aromatic heterocycles. The molecule has 7 heteroatoms. The summed E-state index contributed by atoms with van der Waals surface area (Å²) in [4.78, 5) is 38.9. The zero-order chi connectivity index (χ0) is 27.1. The lowest BCUT2D eigenvalue weighted by atomic mass is 9.74. The van der Waals surface area contributed by atoms with Crippen LogP contribution >= 0.6 is 0 Å². The molecule has 0 saturated carbocycles. The number of carbonyl (C=O) groups excluding carboxylic acids is 3. The maximum Gasteiger partial charge on any atom is 0.313 e. The number of ketones is 2. The lowest BCUT2D eigenvalue weighted by molar-refractivity contribution is -0.158. The molecule has 3 atom stereocenters. The lowest BCUT2D eigenvalue weighted by Crippen LogP contribution is -2.51. The van der Waals surface area contributed by atoms with E-state index in [1.165, 1.54) is 0 Å². The van der Waals surface area contributed by atoms with Crippen molar-refractivity contribution in [3.05, 3.63) is 0 Å². The molecule has 0 aliphatic rings. The van der Waals surface area contributed by atoms with Crippen LogP contribution in [0.2, 0.25) is 18.1 Å². The van der Waals surface area contributed by atoms with Crippen LogP contribution in [0.25, 0.3) is 0 Å². The Kier molecular flexibility index (Phi) is 12.4. The van der Waals surface area contributed by atoms with Crippen LogP contribution in [0.4, 0.5) is 0 Å². The van der Waals surface area contributed by atoms with Crippen LogP contribution in [-0.2, 0) is 28.3 Å². The summed E-state index contributed by atoms with van der Waals surface area (Å²) in [5.41, 5.74) is -2.01. The van der Waals surface area contributed by atoms with Gasteiger partial charge in [-0.1, -0.05) is 48.0 Å². The van der Waals surface area contributed by atoms with Gasteiger partial charge < -0.3 is 13.9 Å². The summed E-state index contributed by atoms with van der Waals surface area (Å²) in [6, 6.07) is 0. The molecule has 0 saturated heterocycles. The third-order valence-electron chi connectivity index (χ3n) is 6.77. The summed E-state index contributed by atoms with van der Waals surface area (Å²) < 4.78 is 17.9. The van der Waals surface area contributed by atoms with E-state index in [0.717, 1.165) is 12.8 Å². The molecule has 6 nitrogen and oxygen atoms in total. The van der Waals surface area contributed by atoms with Gasteiger partial charge >= 0.3 is 5.97 Å². The van der Waals surface area contributed by atoms with Crippen molar-refractivity contribution in [2.75, 3.05) is 13.2 Å². The Balaban J connectivity index is 5.75. The third kappa shape index (κ3) is 10.3. The molecule has 0 fully saturated rings. The molecular weight excluding hydrogens is 448 g/mol. The summed E-state index contributed by atoms with van der Waals surface area (Å²) in [7, 11) is -2.20. The first kappa shape index (κ1) is 32.9. The minimum Gasteiger partial charge on any atom is -0.460 e. The SMILES string of the molecule is CCCCOC[C@H](C)[C@H](O[Si](C)(C)C(C)(C)C)[C@@H](C)C(=O)C(C)(C)C(=O)CC(=O)OC(C)(C)C. The zero-order valence-corrected chi connectivity index (χ0v) is 25.2. The highest BCUT2D eigenvalue weighted by molar-refractivity contribution is 6.74. The fraction of sp³-hybridized carbons (Fsp3) is 0.889. The Labute approximate surface area is 210 Å². The minimum absolute atomic E-state index is 0.0262. The highest BCUT2D eigenvalue weighted by Crippen LogP contribution is 2.40. The van der Waals surface area contributed by atoms with Crippen LogP contribution < -0.4 is 0 Å². The van der Waals surface area contributed by atoms with Crippen molar-refractivity contribution < 1.29 is 28.3 Å². The first-order chi connectivity index (χ1) is 15.2. The quantitative estimate of drug-likeness (QED) is 0.119. The number of rotatable bonds is 14. The van der Waals surface area contributed by atoms with Gasteiger partial charge in [-0.2, -0.15) is 0 Å². The predicted molar refractivity (Wildman–Crippen MR) is 140 cm³/mol. The zero-order valence-electron chi connectivity index (χ0n) is 24.2. The van der Waals surface area contributed by atoms with E-state index < -0.39 is 43.4 Å². The van der Waals surface area contributed by atoms with Gasteiger partial charge in [-0.25, -0.2) is 0 Å². The molecule has 0 aromatic carbocycles. The predicted octanol–water partition coefficient (Wildman–Crippen LogP) is 6.36. The molecule has 0 aliphatic carbocycles. The number of carbonyl (C=O) groups is 3. The Morgan fingerprint density at radius 3 is 1.88 bits per heavy atom. The van der Waals surface area contributed by atoms with Crippen LogP contribution in [0.1, 0.15) is 95.4 Å². The second-order valence-corrected chi connectivity index (χ2v) is 17.5. The van der Waals surface area contributed by atoms with E-state index in [2.05, 4.69) is 40.8 Å². The number of Topliss-reactive ketones (excluding diaryl/α,β-unsaturated/α-hetero) is 2. The smallest absolute Gasteiger partial charge is 0.313 e. The van der Waals surface area contributed by atoms with E-state index >= 15 is 0 Å². The van der Waals surface area contributed by atoms with Gasteiger partial charge in [-0.05, 0) is 59.2 Å². The van der Waals surface area contributed by atoms with Gasteiger partial charge in [0.25, 0.3) is 0 Å². The molecule has 0 rings (SSSR count). The number of unbranched alkanes of at least 4 members (excludes halogenated alkanes) is 1. The van der Waals surface area contributed by atoms with Gasteiger partial charge in [0.15, 0.2) is 19.9 Å². The van der Waals surface area contributed by atoms with E-state index in [1.54, 1.807) is 34.6 Å². The van der Waals surface area contributed by atoms with Crippen molar-refractivity contribution in [3.63, 3.8) is 0 Å². The number of ether oxygens (including phenoxy) is 2.